The number of hydrogen-bond acceptors (Lipinski definition) is 2. The molecule has 0 radical (unpaired) electrons. The molecule has 0 aromatic rings. The number of hydrogen-bond donors (Lipinski definition) is 0. The molecule has 0 aliphatic rings. The molecule has 19 heavy (non-hydrogen) atoms. The summed E-state index contributed by atoms with van der Waals surface area (Å²) in [6.45, 7) is 4.51. The third kappa shape index (κ3) is 13.7. The number of esters is 1. The normalized spacial score (nSPS) is 12.4. The van der Waals surface area contributed by atoms with E-state index in [1.165, 1.54) is 71.3 Å². The molecule has 2 heteroatoms. The smallest absolute Gasteiger partial charge is 0.305 e. The van der Waals surface area contributed by atoms with Crippen molar-refractivity contribution < 1.29 is 9.53 Å². The van der Waals surface area contributed by atoms with Crippen LogP contribution in [0.2, 0.25) is 0 Å². The molecule has 0 unspecified atom stereocenters. The van der Waals surface area contributed by atoms with Gasteiger partial charge in [-0.2, -0.15) is 0 Å². The minimum Gasteiger partial charge on any atom is -0.469 e. The maximum absolute atomic E-state index is 11.0. The first-order valence-corrected chi connectivity index (χ1v) is 8.27. The third-order valence-corrected chi connectivity index (χ3v) is 3.87. The second-order valence-electron chi connectivity index (χ2n) is 5.84. The molecule has 0 aromatic heterocycles. The highest BCUT2D eigenvalue weighted by Gasteiger charge is 2.06. The first-order valence-electron chi connectivity index (χ1n) is 8.27. The summed E-state index contributed by atoms with van der Waals surface area (Å²) in [6.07, 6.45) is 15.3. The minimum absolute atomic E-state index is 0.0704. The Morgan fingerprint density at radius 1 is 0.895 bits per heavy atom. The van der Waals surface area contributed by atoms with E-state index in [1.54, 1.807) is 0 Å². The second-order valence-corrected chi connectivity index (χ2v) is 5.84. The van der Waals surface area contributed by atoms with Crippen molar-refractivity contribution in [2.24, 2.45) is 5.92 Å². The van der Waals surface area contributed by atoms with E-state index in [1.807, 2.05) is 0 Å². The summed E-state index contributed by atoms with van der Waals surface area (Å²) in [4.78, 5) is 11.0. The van der Waals surface area contributed by atoms with Crippen LogP contribution in [0.5, 0.6) is 0 Å². The van der Waals surface area contributed by atoms with Gasteiger partial charge in [0.25, 0.3) is 0 Å². The van der Waals surface area contributed by atoms with Gasteiger partial charge in [0.05, 0.1) is 7.11 Å². The largest absolute Gasteiger partial charge is 0.469 e. The summed E-state index contributed by atoms with van der Waals surface area (Å²) in [5.74, 6) is 0.586. The van der Waals surface area contributed by atoms with Gasteiger partial charge in [0, 0.05) is 6.42 Å². The molecule has 0 saturated carbocycles. The topological polar surface area (TPSA) is 26.3 Å². The van der Waals surface area contributed by atoms with E-state index < -0.39 is 0 Å². The summed E-state index contributed by atoms with van der Waals surface area (Å²) in [5.41, 5.74) is 0. The molecule has 0 spiro atoms. The summed E-state index contributed by atoms with van der Waals surface area (Å²) in [6, 6.07) is 0. The summed E-state index contributed by atoms with van der Waals surface area (Å²) in [7, 11) is 1.47. The Labute approximate surface area is 120 Å². The molecule has 0 fully saturated rings. The van der Waals surface area contributed by atoms with E-state index in [-0.39, 0.29) is 5.97 Å². The second kappa shape index (κ2) is 13.9. The number of carbonyl (C=O) groups is 1. The van der Waals surface area contributed by atoms with Gasteiger partial charge >= 0.3 is 5.97 Å². The molecule has 0 N–H and O–H groups in total. The zero-order valence-corrected chi connectivity index (χ0v) is 13.4. The molecule has 1 atom stereocenters. The summed E-state index contributed by atoms with van der Waals surface area (Å²) >= 11 is 0. The molecular formula is C17H34O2. The molecule has 2 nitrogen and oxygen atoms in total. The predicted octanol–water partition coefficient (Wildman–Crippen LogP) is 5.50. The Bertz CT molecular complexity index is 201. The van der Waals surface area contributed by atoms with Gasteiger partial charge in [0.15, 0.2) is 0 Å². The van der Waals surface area contributed by atoms with Crippen molar-refractivity contribution in [2.45, 2.75) is 90.9 Å². The molecule has 0 amide bonds. The van der Waals surface area contributed by atoms with Crippen LogP contribution >= 0.6 is 0 Å². The predicted molar refractivity (Wildman–Crippen MR) is 82.3 cm³/mol. The average molecular weight is 270 g/mol. The van der Waals surface area contributed by atoms with Gasteiger partial charge in [-0.05, 0) is 12.3 Å². The van der Waals surface area contributed by atoms with Crippen molar-refractivity contribution in [3.63, 3.8) is 0 Å². The Balaban J connectivity index is 3.18. The number of methoxy groups -OCH3 is 1. The van der Waals surface area contributed by atoms with Crippen LogP contribution in [-0.2, 0) is 9.53 Å². The fourth-order valence-corrected chi connectivity index (χ4v) is 2.41. The van der Waals surface area contributed by atoms with E-state index in [4.69, 9.17) is 0 Å². The SMILES string of the molecule is CCCCCCCCCCC[C@@H](C)CCC(=O)OC. The summed E-state index contributed by atoms with van der Waals surface area (Å²) < 4.78 is 4.66. The Morgan fingerprint density at radius 3 is 1.95 bits per heavy atom. The standard InChI is InChI=1S/C17H34O2/c1-4-5-6-7-8-9-10-11-12-13-16(2)14-15-17(18)19-3/h16H,4-15H2,1-3H3/t16-/m1/s1. The molecule has 0 aromatic carbocycles. The van der Waals surface area contributed by atoms with E-state index in [2.05, 4.69) is 18.6 Å². The van der Waals surface area contributed by atoms with E-state index in [9.17, 15) is 4.79 Å². The quantitative estimate of drug-likeness (QED) is 0.326. The van der Waals surface area contributed by atoms with Crippen LogP contribution in [0, 0.1) is 5.92 Å². The molecule has 0 saturated heterocycles. The van der Waals surface area contributed by atoms with Crippen molar-refractivity contribution in [3.8, 4) is 0 Å². The first kappa shape index (κ1) is 18.5. The van der Waals surface area contributed by atoms with Gasteiger partial charge < -0.3 is 4.74 Å². The zero-order chi connectivity index (χ0) is 14.3. The molecular weight excluding hydrogens is 236 g/mol. The Morgan fingerprint density at radius 2 is 1.42 bits per heavy atom. The van der Waals surface area contributed by atoms with Crippen molar-refractivity contribution >= 4 is 5.97 Å². The van der Waals surface area contributed by atoms with Crippen molar-refractivity contribution in [1.82, 2.24) is 0 Å². The van der Waals surface area contributed by atoms with Crippen LogP contribution in [0.25, 0.3) is 0 Å². The van der Waals surface area contributed by atoms with Gasteiger partial charge in [0.2, 0.25) is 0 Å². The van der Waals surface area contributed by atoms with Gasteiger partial charge in [-0.15, -0.1) is 0 Å². The zero-order valence-electron chi connectivity index (χ0n) is 13.4. The fraction of sp³-hybridized carbons (Fsp3) is 0.941. The lowest BCUT2D eigenvalue weighted by Gasteiger charge is -2.10. The fourth-order valence-electron chi connectivity index (χ4n) is 2.41. The monoisotopic (exact) mass is 270 g/mol. The lowest BCUT2D eigenvalue weighted by molar-refractivity contribution is -0.140. The van der Waals surface area contributed by atoms with Crippen LogP contribution in [-0.4, -0.2) is 13.1 Å². The van der Waals surface area contributed by atoms with Crippen LogP contribution < -0.4 is 0 Å². The number of unbranched alkanes of at least 4 members (excludes halogenated alkanes) is 8. The van der Waals surface area contributed by atoms with Crippen LogP contribution in [0.4, 0.5) is 0 Å². The maximum atomic E-state index is 11.0. The summed E-state index contributed by atoms with van der Waals surface area (Å²) in [5, 5.41) is 0. The number of carbonyl (C=O) groups excluding carboxylic acids is 1. The highest BCUT2D eigenvalue weighted by Crippen LogP contribution is 2.16. The van der Waals surface area contributed by atoms with Crippen molar-refractivity contribution in [1.29, 1.82) is 0 Å². The first-order chi connectivity index (χ1) is 9.20. The molecule has 0 rings (SSSR count). The molecule has 114 valence electrons. The van der Waals surface area contributed by atoms with E-state index in [0.717, 1.165) is 6.42 Å². The molecule has 0 bridgehead atoms. The van der Waals surface area contributed by atoms with Gasteiger partial charge in [-0.3, -0.25) is 4.79 Å². The van der Waals surface area contributed by atoms with E-state index >= 15 is 0 Å². The van der Waals surface area contributed by atoms with Crippen LogP contribution in [0.1, 0.15) is 90.9 Å². The van der Waals surface area contributed by atoms with Gasteiger partial charge in [0.1, 0.15) is 0 Å². The number of ether oxygens (including phenoxy) is 1. The highest BCUT2D eigenvalue weighted by molar-refractivity contribution is 5.69. The third-order valence-electron chi connectivity index (χ3n) is 3.87. The Kier molecular flexibility index (Phi) is 13.5. The van der Waals surface area contributed by atoms with Crippen LogP contribution in [0.3, 0.4) is 0 Å². The van der Waals surface area contributed by atoms with E-state index in [0.29, 0.717) is 12.3 Å². The van der Waals surface area contributed by atoms with Gasteiger partial charge in [-0.1, -0.05) is 78.1 Å². The maximum Gasteiger partial charge on any atom is 0.305 e. The molecule has 0 aliphatic carbocycles. The lowest BCUT2D eigenvalue weighted by atomic mass is 9.97. The van der Waals surface area contributed by atoms with Crippen molar-refractivity contribution in [2.75, 3.05) is 7.11 Å². The Hall–Kier alpha value is -0.530. The molecule has 0 heterocycles. The lowest BCUT2D eigenvalue weighted by Crippen LogP contribution is -2.04. The van der Waals surface area contributed by atoms with Crippen molar-refractivity contribution in [3.05, 3.63) is 0 Å². The minimum atomic E-state index is -0.0704. The van der Waals surface area contributed by atoms with Gasteiger partial charge in [-0.25, -0.2) is 0 Å². The molecule has 0 aliphatic heterocycles. The number of rotatable bonds is 13. The van der Waals surface area contributed by atoms with Crippen LogP contribution in [0.15, 0.2) is 0 Å². The highest BCUT2D eigenvalue weighted by atomic mass is 16.5. The average Bonchev–Trinajstić information content (AvgIpc) is 2.42.